The van der Waals surface area contributed by atoms with E-state index in [1.807, 2.05) is 0 Å². The first kappa shape index (κ1) is 30.3. The van der Waals surface area contributed by atoms with Gasteiger partial charge in [0.15, 0.2) is 6.23 Å². The molecule has 1 aromatic heterocycles. The summed E-state index contributed by atoms with van der Waals surface area (Å²) in [5, 5.41) is 20.5. The summed E-state index contributed by atoms with van der Waals surface area (Å²) in [7, 11) is 0. The highest BCUT2D eigenvalue weighted by molar-refractivity contribution is 5.69. The molecule has 36 heavy (non-hydrogen) atoms. The molecule has 2 rings (SSSR count). The molecule has 4 atom stereocenters. The number of unbranched alkanes of at least 4 members (excludes halogenated alkanes) is 14. The first-order valence-corrected chi connectivity index (χ1v) is 14.0. The van der Waals surface area contributed by atoms with Crippen molar-refractivity contribution >= 4 is 11.8 Å². The number of rotatable bonds is 19. The number of aliphatic hydroxyl groups is 2. The van der Waals surface area contributed by atoms with E-state index in [0.717, 1.165) is 23.8 Å². The molecule has 0 saturated carbocycles. The average molecular weight is 510 g/mol. The number of esters is 1. The smallest absolute Gasteiger partial charge is 0.351 e. The Kier molecular flexibility index (Phi) is 14.7. The third-order valence-corrected chi connectivity index (χ3v) is 6.86. The molecule has 1 saturated heterocycles. The van der Waals surface area contributed by atoms with Crippen LogP contribution in [0.2, 0.25) is 0 Å². The first-order chi connectivity index (χ1) is 17.4. The molecular formula is C27H47N3O6. The van der Waals surface area contributed by atoms with Gasteiger partial charge in [-0.15, -0.1) is 0 Å². The molecule has 1 aromatic rings. The van der Waals surface area contributed by atoms with Crippen molar-refractivity contribution in [2.45, 2.75) is 134 Å². The van der Waals surface area contributed by atoms with Crippen LogP contribution in [-0.2, 0) is 14.3 Å². The zero-order chi connectivity index (χ0) is 26.2. The Hall–Kier alpha value is -1.97. The van der Waals surface area contributed by atoms with Gasteiger partial charge >= 0.3 is 11.7 Å². The van der Waals surface area contributed by atoms with Crippen LogP contribution in [-0.4, -0.2) is 50.7 Å². The molecular weight excluding hydrogens is 462 g/mol. The molecule has 1 aliphatic heterocycles. The molecule has 1 fully saturated rings. The Bertz CT molecular complexity index is 802. The minimum Gasteiger partial charge on any atom is -0.463 e. The summed E-state index contributed by atoms with van der Waals surface area (Å²) in [6.45, 7) is 2.06. The fourth-order valence-corrected chi connectivity index (χ4v) is 4.60. The highest BCUT2D eigenvalue weighted by Crippen LogP contribution is 2.28. The van der Waals surface area contributed by atoms with Crippen molar-refractivity contribution in [1.29, 1.82) is 0 Å². The van der Waals surface area contributed by atoms with Gasteiger partial charge in [-0.05, 0) is 12.5 Å². The lowest BCUT2D eigenvalue weighted by Crippen LogP contribution is -2.36. The number of hydrogen-bond donors (Lipinski definition) is 3. The molecule has 9 heteroatoms. The first-order valence-electron chi connectivity index (χ1n) is 14.0. The average Bonchev–Trinajstić information content (AvgIpc) is 3.13. The van der Waals surface area contributed by atoms with E-state index in [2.05, 4.69) is 11.9 Å². The van der Waals surface area contributed by atoms with Crippen LogP contribution in [0, 0.1) is 0 Å². The Morgan fingerprint density at radius 1 is 0.944 bits per heavy atom. The summed E-state index contributed by atoms with van der Waals surface area (Å²) in [5.41, 5.74) is 4.78. The molecule has 9 nitrogen and oxygen atoms in total. The highest BCUT2D eigenvalue weighted by Gasteiger charge is 2.44. The predicted molar refractivity (Wildman–Crippen MR) is 139 cm³/mol. The van der Waals surface area contributed by atoms with Gasteiger partial charge < -0.3 is 25.4 Å². The fourth-order valence-electron chi connectivity index (χ4n) is 4.60. The van der Waals surface area contributed by atoms with Crippen LogP contribution in [0.3, 0.4) is 0 Å². The molecule has 0 spiro atoms. The Morgan fingerprint density at radius 2 is 1.47 bits per heavy atom. The molecule has 0 aliphatic carbocycles. The van der Waals surface area contributed by atoms with E-state index < -0.39 is 30.2 Å². The van der Waals surface area contributed by atoms with Gasteiger partial charge in [-0.25, -0.2) is 4.79 Å². The molecule has 4 N–H and O–H groups in total. The predicted octanol–water partition coefficient (Wildman–Crippen LogP) is 4.25. The summed E-state index contributed by atoms with van der Waals surface area (Å²) in [6, 6.07) is 1.40. The number of carbonyl (C=O) groups excluding carboxylic acids is 1. The second-order valence-electron chi connectivity index (χ2n) is 9.97. The number of carbonyl (C=O) groups is 1. The van der Waals surface area contributed by atoms with Crippen molar-refractivity contribution in [1.82, 2.24) is 9.55 Å². The van der Waals surface area contributed by atoms with Crippen LogP contribution in [0.5, 0.6) is 0 Å². The lowest BCUT2D eigenvalue weighted by atomic mass is 10.0. The normalized spacial score (nSPS) is 21.6. The molecule has 1 aliphatic rings. The lowest BCUT2D eigenvalue weighted by molar-refractivity contribution is -0.150. The van der Waals surface area contributed by atoms with E-state index in [9.17, 15) is 19.8 Å². The number of nitrogen functional groups attached to an aromatic ring is 1. The number of nitrogens with zero attached hydrogens (tertiary/aromatic N) is 2. The Balaban J connectivity index is 1.47. The van der Waals surface area contributed by atoms with Gasteiger partial charge in [0.2, 0.25) is 0 Å². The van der Waals surface area contributed by atoms with Crippen molar-refractivity contribution in [3.8, 4) is 0 Å². The third kappa shape index (κ3) is 11.0. The van der Waals surface area contributed by atoms with E-state index in [-0.39, 0.29) is 18.4 Å². The van der Waals surface area contributed by atoms with Crippen LogP contribution >= 0.6 is 0 Å². The van der Waals surface area contributed by atoms with Crippen molar-refractivity contribution in [2.75, 3.05) is 12.3 Å². The second kappa shape index (κ2) is 17.5. The Labute approximate surface area is 215 Å². The van der Waals surface area contributed by atoms with E-state index in [0.29, 0.717) is 6.42 Å². The van der Waals surface area contributed by atoms with Crippen molar-refractivity contribution in [3.05, 3.63) is 22.7 Å². The molecule has 0 bridgehead atoms. The maximum absolute atomic E-state index is 12.1. The van der Waals surface area contributed by atoms with Crippen molar-refractivity contribution < 1.29 is 24.5 Å². The third-order valence-electron chi connectivity index (χ3n) is 6.86. The fraction of sp³-hybridized carbons (Fsp3) is 0.815. The second-order valence-corrected chi connectivity index (χ2v) is 9.97. The standard InChI is InChI=1S/C27H47N3O6/c1-2-3-4-5-6-7-8-9-10-11-12-13-14-15-16-17-23(31)35-20-21-24(32)25(33)26(36-21)30-19-18-22(28)29-27(30)34/h18-19,21,24-26,32-33H,2-17,20H2,1H3,(H2,28,29,34)/t21-,24-,25-,26-/m1/s1. The number of aliphatic hydroxyl groups excluding tert-OH is 2. The monoisotopic (exact) mass is 509 g/mol. The Morgan fingerprint density at radius 3 is 2.00 bits per heavy atom. The van der Waals surface area contributed by atoms with Crippen LogP contribution in [0.4, 0.5) is 5.82 Å². The summed E-state index contributed by atoms with van der Waals surface area (Å²) in [4.78, 5) is 27.6. The van der Waals surface area contributed by atoms with Crippen LogP contribution < -0.4 is 11.4 Å². The van der Waals surface area contributed by atoms with Gasteiger partial charge in [0.25, 0.3) is 0 Å². The highest BCUT2D eigenvalue weighted by atomic mass is 16.6. The van der Waals surface area contributed by atoms with Crippen molar-refractivity contribution in [3.63, 3.8) is 0 Å². The molecule has 206 valence electrons. The van der Waals surface area contributed by atoms with Crippen LogP contribution in [0.1, 0.15) is 116 Å². The summed E-state index contributed by atoms with van der Waals surface area (Å²) in [6.07, 6.45) is 15.9. The topological polar surface area (TPSA) is 137 Å². The van der Waals surface area contributed by atoms with Crippen molar-refractivity contribution in [2.24, 2.45) is 0 Å². The van der Waals surface area contributed by atoms with Gasteiger partial charge in [-0.3, -0.25) is 9.36 Å². The largest absolute Gasteiger partial charge is 0.463 e. The number of ether oxygens (including phenoxy) is 2. The minimum absolute atomic E-state index is 0.0496. The summed E-state index contributed by atoms with van der Waals surface area (Å²) in [5.74, 6) is -0.307. The molecule has 0 amide bonds. The molecule has 0 aromatic carbocycles. The number of nitrogens with two attached hydrogens (primary N) is 1. The minimum atomic E-state index is -1.35. The summed E-state index contributed by atoms with van der Waals surface area (Å²) < 4.78 is 11.9. The van der Waals surface area contributed by atoms with Crippen LogP contribution in [0.15, 0.2) is 17.1 Å². The van der Waals surface area contributed by atoms with E-state index in [4.69, 9.17) is 15.2 Å². The van der Waals surface area contributed by atoms with Gasteiger partial charge in [0.05, 0.1) is 0 Å². The number of aromatic nitrogens is 2. The van der Waals surface area contributed by atoms with Crippen LogP contribution in [0.25, 0.3) is 0 Å². The van der Waals surface area contributed by atoms with Gasteiger partial charge in [-0.1, -0.05) is 96.8 Å². The summed E-state index contributed by atoms with van der Waals surface area (Å²) >= 11 is 0. The van der Waals surface area contributed by atoms with Gasteiger partial charge in [0, 0.05) is 12.6 Å². The van der Waals surface area contributed by atoms with E-state index >= 15 is 0 Å². The maximum atomic E-state index is 12.1. The van der Waals surface area contributed by atoms with E-state index in [1.54, 1.807) is 0 Å². The molecule has 2 heterocycles. The van der Waals surface area contributed by atoms with Gasteiger partial charge in [-0.2, -0.15) is 4.98 Å². The maximum Gasteiger partial charge on any atom is 0.351 e. The number of hydrogen-bond acceptors (Lipinski definition) is 8. The molecule has 0 radical (unpaired) electrons. The molecule has 0 unspecified atom stereocenters. The number of anilines is 1. The van der Waals surface area contributed by atoms with E-state index in [1.165, 1.54) is 89.3 Å². The SMILES string of the molecule is CCCCCCCCCCCCCCCCCC(=O)OC[C@H]1O[C@@H](n2ccc(N)nc2=O)[C@H](O)[C@@H]1O. The quantitative estimate of drug-likeness (QED) is 0.186. The zero-order valence-electron chi connectivity index (χ0n) is 22.0. The zero-order valence-corrected chi connectivity index (χ0v) is 22.0. The lowest BCUT2D eigenvalue weighted by Gasteiger charge is -2.16. The van der Waals surface area contributed by atoms with Gasteiger partial charge in [0.1, 0.15) is 30.7 Å².